The van der Waals surface area contributed by atoms with E-state index in [1.54, 1.807) is 0 Å². The van der Waals surface area contributed by atoms with Crippen molar-refractivity contribution in [3.8, 4) is 0 Å². The minimum absolute atomic E-state index is 0.0465. The monoisotopic (exact) mass is 254 g/mol. The number of carboxylic acid groups (broad SMARTS) is 2. The molecule has 0 spiro atoms. The fourth-order valence-electron chi connectivity index (χ4n) is 1.38. The second kappa shape index (κ2) is 4.80. The third kappa shape index (κ3) is 2.43. The van der Waals surface area contributed by atoms with Gasteiger partial charge >= 0.3 is 11.9 Å². The number of hydrogen-bond donors (Lipinski definition) is 3. The number of carbonyl (C=O) groups is 2. The summed E-state index contributed by atoms with van der Waals surface area (Å²) in [7, 11) is 0. The Bertz CT molecular complexity index is 499. The van der Waals surface area contributed by atoms with E-state index in [1.165, 1.54) is 18.2 Å². The number of aliphatic carboxylic acids is 2. The second-order valence-corrected chi connectivity index (χ2v) is 3.64. The molecule has 0 aliphatic carbocycles. The highest BCUT2D eigenvalue weighted by atomic mass is 16.6. The molecule has 0 amide bonds. The maximum Gasteiger partial charge on any atom is 0.335 e. The molecule has 0 radical (unpaired) electrons. The number of nitrogens with two attached hydrogens (primary N) is 1. The van der Waals surface area contributed by atoms with E-state index in [1.807, 2.05) is 0 Å². The van der Waals surface area contributed by atoms with Crippen molar-refractivity contribution in [2.45, 2.75) is 12.0 Å². The van der Waals surface area contributed by atoms with Crippen molar-refractivity contribution in [3.63, 3.8) is 0 Å². The first-order valence-corrected chi connectivity index (χ1v) is 4.77. The van der Waals surface area contributed by atoms with Gasteiger partial charge in [-0.3, -0.25) is 10.1 Å². The van der Waals surface area contributed by atoms with Gasteiger partial charge in [-0.1, -0.05) is 18.2 Å². The summed E-state index contributed by atoms with van der Waals surface area (Å²) in [6, 6.07) is 5.25. The van der Waals surface area contributed by atoms with Gasteiger partial charge in [0.1, 0.15) is 0 Å². The number of nitrogens with zero attached hydrogens (tertiary/aromatic N) is 1. The van der Waals surface area contributed by atoms with Crippen molar-refractivity contribution in [2.24, 2.45) is 5.73 Å². The Morgan fingerprint density at radius 3 is 2.22 bits per heavy atom. The molecular weight excluding hydrogens is 244 g/mol. The number of para-hydroxylation sites is 1. The first-order valence-electron chi connectivity index (χ1n) is 4.77. The van der Waals surface area contributed by atoms with Crippen LogP contribution in [0.15, 0.2) is 24.3 Å². The van der Waals surface area contributed by atoms with Crippen LogP contribution in [0.5, 0.6) is 0 Å². The molecule has 96 valence electrons. The summed E-state index contributed by atoms with van der Waals surface area (Å²) >= 11 is 0. The predicted molar refractivity (Wildman–Crippen MR) is 59.0 cm³/mol. The molecule has 8 nitrogen and oxygen atoms in total. The lowest BCUT2D eigenvalue weighted by molar-refractivity contribution is -0.385. The molecule has 18 heavy (non-hydrogen) atoms. The molecule has 0 atom stereocenters. The third-order valence-corrected chi connectivity index (χ3v) is 2.42. The zero-order valence-corrected chi connectivity index (χ0v) is 9.07. The third-order valence-electron chi connectivity index (χ3n) is 2.42. The van der Waals surface area contributed by atoms with Crippen molar-refractivity contribution in [2.75, 3.05) is 0 Å². The van der Waals surface area contributed by atoms with Gasteiger partial charge < -0.3 is 15.9 Å². The summed E-state index contributed by atoms with van der Waals surface area (Å²) in [5.41, 5.74) is 2.26. The lowest BCUT2D eigenvalue weighted by Gasteiger charge is -2.19. The van der Waals surface area contributed by atoms with Crippen molar-refractivity contribution >= 4 is 17.6 Å². The first kappa shape index (κ1) is 13.6. The average Bonchev–Trinajstić information content (AvgIpc) is 2.28. The van der Waals surface area contributed by atoms with Crippen LogP contribution >= 0.6 is 0 Å². The van der Waals surface area contributed by atoms with Crippen LogP contribution in [0.4, 0.5) is 5.69 Å². The van der Waals surface area contributed by atoms with Gasteiger partial charge in [-0.05, 0) is 0 Å². The van der Waals surface area contributed by atoms with Crippen LogP contribution in [0.25, 0.3) is 0 Å². The van der Waals surface area contributed by atoms with Gasteiger partial charge in [0.15, 0.2) is 0 Å². The molecule has 0 aliphatic heterocycles. The predicted octanol–water partition coefficient (Wildman–Crippen LogP) is 0.00400. The van der Waals surface area contributed by atoms with E-state index in [4.69, 9.17) is 15.9 Å². The Balaban J connectivity index is 3.21. The molecule has 0 aliphatic rings. The maximum absolute atomic E-state index is 10.9. The van der Waals surface area contributed by atoms with Crippen LogP contribution < -0.4 is 5.73 Å². The molecule has 0 heterocycles. The van der Waals surface area contributed by atoms with Crippen LogP contribution in [0.2, 0.25) is 0 Å². The highest BCUT2D eigenvalue weighted by Gasteiger charge is 2.44. The Hall–Kier alpha value is -2.48. The lowest BCUT2D eigenvalue weighted by atomic mass is 9.91. The molecule has 1 aromatic carbocycles. The fraction of sp³-hybridized carbons (Fsp3) is 0.200. The SMILES string of the molecule is NC(Cc1ccccc1[N+](=O)[O-])(C(=O)O)C(=O)O. The van der Waals surface area contributed by atoms with Crippen LogP contribution in [-0.2, 0) is 16.0 Å². The van der Waals surface area contributed by atoms with Gasteiger partial charge in [0.05, 0.1) is 4.92 Å². The normalized spacial score (nSPS) is 10.9. The van der Waals surface area contributed by atoms with Gasteiger partial charge in [-0.25, -0.2) is 9.59 Å². The average molecular weight is 254 g/mol. The van der Waals surface area contributed by atoms with Gasteiger partial charge in [0.25, 0.3) is 5.69 Å². The maximum atomic E-state index is 10.9. The molecule has 4 N–H and O–H groups in total. The summed E-state index contributed by atoms with van der Waals surface area (Å²) in [5, 5.41) is 28.4. The highest BCUT2D eigenvalue weighted by Crippen LogP contribution is 2.22. The van der Waals surface area contributed by atoms with Crippen LogP contribution in [0.1, 0.15) is 5.56 Å². The number of rotatable bonds is 5. The van der Waals surface area contributed by atoms with Crippen molar-refractivity contribution in [1.82, 2.24) is 0 Å². The van der Waals surface area contributed by atoms with E-state index in [-0.39, 0.29) is 11.3 Å². The van der Waals surface area contributed by atoms with Crippen molar-refractivity contribution in [3.05, 3.63) is 39.9 Å². The Kier molecular flexibility index (Phi) is 3.62. The molecule has 1 rings (SSSR count). The summed E-state index contributed by atoms with van der Waals surface area (Å²) in [4.78, 5) is 31.7. The lowest BCUT2D eigenvalue weighted by Crippen LogP contribution is -2.56. The van der Waals surface area contributed by atoms with Crippen molar-refractivity contribution < 1.29 is 24.7 Å². The molecule has 8 heteroatoms. The highest BCUT2D eigenvalue weighted by molar-refractivity contribution is 6.03. The van der Waals surface area contributed by atoms with Gasteiger partial charge in [-0.15, -0.1) is 0 Å². The van der Waals surface area contributed by atoms with E-state index >= 15 is 0 Å². The van der Waals surface area contributed by atoms with E-state index < -0.39 is 28.8 Å². The molecule has 0 bridgehead atoms. The quantitative estimate of drug-likeness (QED) is 0.381. The Morgan fingerprint density at radius 1 is 1.28 bits per heavy atom. The smallest absolute Gasteiger partial charge is 0.335 e. The number of nitro groups is 1. The molecule has 0 aromatic heterocycles. The number of carboxylic acids is 2. The summed E-state index contributed by atoms with van der Waals surface area (Å²) < 4.78 is 0. The van der Waals surface area contributed by atoms with Gasteiger partial charge in [0, 0.05) is 18.1 Å². The van der Waals surface area contributed by atoms with Crippen LogP contribution in [-0.4, -0.2) is 32.6 Å². The minimum Gasteiger partial charge on any atom is -0.479 e. The molecular formula is C10H10N2O6. The van der Waals surface area contributed by atoms with E-state index in [9.17, 15) is 19.7 Å². The largest absolute Gasteiger partial charge is 0.479 e. The zero-order valence-electron chi connectivity index (χ0n) is 9.07. The van der Waals surface area contributed by atoms with E-state index in [0.717, 1.165) is 6.07 Å². The molecule has 0 saturated heterocycles. The minimum atomic E-state index is -2.59. The number of hydrogen-bond acceptors (Lipinski definition) is 5. The van der Waals surface area contributed by atoms with E-state index in [2.05, 4.69) is 0 Å². The fourth-order valence-corrected chi connectivity index (χ4v) is 1.38. The summed E-state index contributed by atoms with van der Waals surface area (Å²) in [6.07, 6.45) is -0.672. The molecule has 0 unspecified atom stereocenters. The van der Waals surface area contributed by atoms with Crippen molar-refractivity contribution in [1.29, 1.82) is 0 Å². The zero-order chi connectivity index (χ0) is 13.9. The molecule has 0 fully saturated rings. The van der Waals surface area contributed by atoms with Gasteiger partial charge in [-0.2, -0.15) is 0 Å². The van der Waals surface area contributed by atoms with Gasteiger partial charge in [0.2, 0.25) is 5.54 Å². The standard InChI is InChI=1S/C10H10N2O6/c11-10(8(13)14,9(15)16)5-6-3-1-2-4-7(6)12(17)18/h1-4H,5,11H2,(H,13,14)(H,15,16). The van der Waals surface area contributed by atoms with Crippen LogP contribution in [0.3, 0.4) is 0 Å². The first-order chi connectivity index (χ1) is 8.29. The second-order valence-electron chi connectivity index (χ2n) is 3.64. The van der Waals surface area contributed by atoms with Crippen LogP contribution in [0, 0.1) is 10.1 Å². The van der Waals surface area contributed by atoms with E-state index in [0.29, 0.717) is 0 Å². The summed E-state index contributed by atoms with van der Waals surface area (Å²) in [5.74, 6) is -3.51. The molecule has 1 aromatic rings. The molecule has 0 saturated carbocycles. The Labute approximate surface area is 101 Å². The number of benzene rings is 1. The number of nitro benzene ring substituents is 1. The Morgan fingerprint density at radius 2 is 1.78 bits per heavy atom. The topological polar surface area (TPSA) is 144 Å². The summed E-state index contributed by atoms with van der Waals surface area (Å²) in [6.45, 7) is 0.